The monoisotopic (exact) mass is 274 g/mol. The first-order chi connectivity index (χ1) is 9.65. The lowest BCUT2D eigenvalue weighted by atomic mass is 10.4. The number of nitro groups is 1. The van der Waals surface area contributed by atoms with Crippen LogP contribution in [-0.2, 0) is 19.6 Å². The second-order valence-corrected chi connectivity index (χ2v) is 4.73. The highest BCUT2D eigenvalue weighted by Gasteiger charge is 2.23. The van der Waals surface area contributed by atoms with E-state index in [0.29, 0.717) is 18.9 Å². The molecule has 0 amide bonds. The van der Waals surface area contributed by atoms with Gasteiger partial charge in [-0.25, -0.2) is 9.55 Å². The largest absolute Gasteiger partial charge is 0.358 e. The Hall–Kier alpha value is -2.35. The lowest BCUT2D eigenvalue weighted by Gasteiger charge is -2.13. The Labute approximate surface area is 115 Å². The molecule has 0 fully saturated rings. The first-order valence-electron chi connectivity index (χ1n) is 6.33. The minimum Gasteiger partial charge on any atom is -0.358 e. The molecule has 3 heterocycles. The Morgan fingerprint density at radius 3 is 2.45 bits per heavy atom. The van der Waals surface area contributed by atoms with Crippen molar-refractivity contribution >= 4 is 5.82 Å². The highest BCUT2D eigenvalue weighted by Crippen LogP contribution is 2.19. The van der Waals surface area contributed by atoms with E-state index in [0.717, 1.165) is 24.5 Å². The van der Waals surface area contributed by atoms with Crippen LogP contribution in [0.25, 0.3) is 0 Å². The predicted molar refractivity (Wildman–Crippen MR) is 69.8 cm³/mol. The van der Waals surface area contributed by atoms with Crippen molar-refractivity contribution < 1.29 is 4.92 Å². The van der Waals surface area contributed by atoms with Crippen LogP contribution in [0.4, 0.5) is 5.82 Å². The molecule has 2 aromatic rings. The fourth-order valence-corrected chi connectivity index (χ4v) is 2.42. The number of fused-ring (bicyclic) bond motifs is 1. The molecule has 0 saturated carbocycles. The van der Waals surface area contributed by atoms with Gasteiger partial charge >= 0.3 is 5.82 Å². The van der Waals surface area contributed by atoms with Gasteiger partial charge in [0.2, 0.25) is 0 Å². The molecule has 20 heavy (non-hydrogen) atoms. The minimum absolute atomic E-state index is 0.0375. The molecular formula is C12H14N6O2. The summed E-state index contributed by atoms with van der Waals surface area (Å²) in [5.41, 5.74) is 1.98. The van der Waals surface area contributed by atoms with Gasteiger partial charge in [0, 0.05) is 39.0 Å². The summed E-state index contributed by atoms with van der Waals surface area (Å²) in [6.07, 6.45) is 4.68. The van der Waals surface area contributed by atoms with Crippen molar-refractivity contribution in [3.63, 3.8) is 0 Å². The maximum Gasteiger partial charge on any atom is 0.342 e. The quantitative estimate of drug-likeness (QED) is 0.608. The van der Waals surface area contributed by atoms with Gasteiger partial charge in [0.25, 0.3) is 0 Å². The average Bonchev–Trinajstić information content (AvgIpc) is 2.99. The SMILES string of the molecule is Cc1ncc([N+](=O)[O-])n1CCN1Cc2nccnc2C1. The number of aromatic nitrogens is 4. The summed E-state index contributed by atoms with van der Waals surface area (Å²) >= 11 is 0. The molecule has 0 spiro atoms. The van der Waals surface area contributed by atoms with E-state index in [1.165, 1.54) is 6.20 Å². The van der Waals surface area contributed by atoms with Crippen LogP contribution in [0, 0.1) is 17.0 Å². The molecule has 0 atom stereocenters. The van der Waals surface area contributed by atoms with Gasteiger partial charge in [0.05, 0.1) is 11.4 Å². The Balaban J connectivity index is 1.67. The summed E-state index contributed by atoms with van der Waals surface area (Å²) in [7, 11) is 0. The topological polar surface area (TPSA) is 90.0 Å². The normalized spacial score (nSPS) is 14.4. The van der Waals surface area contributed by atoms with Crippen molar-refractivity contribution in [1.29, 1.82) is 0 Å². The number of hydrogen-bond donors (Lipinski definition) is 0. The number of imidazole rings is 1. The van der Waals surface area contributed by atoms with Gasteiger partial charge < -0.3 is 10.1 Å². The molecule has 0 N–H and O–H groups in total. The summed E-state index contributed by atoms with van der Waals surface area (Å²) in [4.78, 5) is 25.3. The standard InChI is InChI=1S/C12H14N6O2/c1-9-15-6-12(18(19)20)17(9)5-4-16-7-10-11(8-16)14-3-2-13-10/h2-3,6H,4-5,7-8H2,1H3. The van der Waals surface area contributed by atoms with E-state index in [1.54, 1.807) is 23.9 Å². The zero-order chi connectivity index (χ0) is 14.1. The van der Waals surface area contributed by atoms with Crippen LogP contribution in [0.2, 0.25) is 0 Å². The van der Waals surface area contributed by atoms with Crippen LogP contribution >= 0.6 is 0 Å². The molecule has 2 aromatic heterocycles. The van der Waals surface area contributed by atoms with Gasteiger partial charge in [-0.2, -0.15) is 0 Å². The molecule has 3 rings (SSSR count). The molecule has 0 saturated heterocycles. The average molecular weight is 274 g/mol. The first kappa shape index (κ1) is 12.7. The van der Waals surface area contributed by atoms with Gasteiger partial charge in [-0.05, 0) is 4.92 Å². The summed E-state index contributed by atoms with van der Waals surface area (Å²) < 4.78 is 1.63. The van der Waals surface area contributed by atoms with Crippen LogP contribution in [0.5, 0.6) is 0 Å². The third-order valence-electron chi connectivity index (χ3n) is 3.47. The van der Waals surface area contributed by atoms with Crippen molar-refractivity contribution in [2.75, 3.05) is 6.54 Å². The van der Waals surface area contributed by atoms with E-state index in [2.05, 4.69) is 19.9 Å². The van der Waals surface area contributed by atoms with E-state index in [4.69, 9.17) is 0 Å². The van der Waals surface area contributed by atoms with Crippen LogP contribution in [0.1, 0.15) is 17.2 Å². The molecule has 104 valence electrons. The lowest BCUT2D eigenvalue weighted by Crippen LogP contribution is -2.23. The molecule has 0 aromatic carbocycles. The Kier molecular flexibility index (Phi) is 3.15. The van der Waals surface area contributed by atoms with Crippen LogP contribution in [-0.4, -0.2) is 35.9 Å². The van der Waals surface area contributed by atoms with Gasteiger partial charge in [-0.1, -0.05) is 0 Å². The summed E-state index contributed by atoms with van der Waals surface area (Å²) in [6, 6.07) is 0. The summed E-state index contributed by atoms with van der Waals surface area (Å²) in [5.74, 6) is 0.695. The fraction of sp³-hybridized carbons (Fsp3) is 0.417. The van der Waals surface area contributed by atoms with Crippen LogP contribution in [0.15, 0.2) is 18.6 Å². The van der Waals surface area contributed by atoms with Crippen molar-refractivity contribution in [3.8, 4) is 0 Å². The third-order valence-corrected chi connectivity index (χ3v) is 3.47. The van der Waals surface area contributed by atoms with Gasteiger partial charge in [0.1, 0.15) is 12.7 Å². The summed E-state index contributed by atoms with van der Waals surface area (Å²) in [6.45, 7) is 4.50. The van der Waals surface area contributed by atoms with Crippen molar-refractivity contribution in [3.05, 3.63) is 45.9 Å². The minimum atomic E-state index is -0.401. The van der Waals surface area contributed by atoms with E-state index in [9.17, 15) is 10.1 Å². The molecule has 8 nitrogen and oxygen atoms in total. The lowest BCUT2D eigenvalue weighted by molar-refractivity contribution is -0.392. The van der Waals surface area contributed by atoms with Gasteiger partial charge in [-0.3, -0.25) is 14.9 Å². The number of aryl methyl sites for hydroxylation is 1. The Bertz CT molecular complexity index is 628. The predicted octanol–water partition coefficient (Wildman–Crippen LogP) is 0.906. The maximum atomic E-state index is 10.9. The Morgan fingerprint density at radius 1 is 1.20 bits per heavy atom. The molecular weight excluding hydrogens is 260 g/mol. The maximum absolute atomic E-state index is 10.9. The molecule has 0 unspecified atom stereocenters. The zero-order valence-electron chi connectivity index (χ0n) is 11.1. The van der Waals surface area contributed by atoms with Crippen LogP contribution in [0.3, 0.4) is 0 Å². The highest BCUT2D eigenvalue weighted by atomic mass is 16.6. The van der Waals surface area contributed by atoms with Gasteiger partial charge in [0.15, 0.2) is 5.82 Å². The first-order valence-corrected chi connectivity index (χ1v) is 6.33. The zero-order valence-corrected chi connectivity index (χ0v) is 11.1. The van der Waals surface area contributed by atoms with E-state index in [1.807, 2.05) is 0 Å². The van der Waals surface area contributed by atoms with Crippen molar-refractivity contribution in [2.24, 2.45) is 0 Å². The third kappa shape index (κ3) is 2.25. The second kappa shape index (κ2) is 4.97. The number of rotatable bonds is 4. The van der Waals surface area contributed by atoms with E-state index in [-0.39, 0.29) is 5.82 Å². The van der Waals surface area contributed by atoms with Gasteiger partial charge in [-0.15, -0.1) is 0 Å². The summed E-state index contributed by atoms with van der Waals surface area (Å²) in [5, 5.41) is 10.9. The van der Waals surface area contributed by atoms with Crippen molar-refractivity contribution in [1.82, 2.24) is 24.4 Å². The molecule has 0 aliphatic carbocycles. The van der Waals surface area contributed by atoms with Crippen molar-refractivity contribution in [2.45, 2.75) is 26.6 Å². The van der Waals surface area contributed by atoms with Crippen LogP contribution < -0.4 is 0 Å². The number of hydrogen-bond acceptors (Lipinski definition) is 6. The fourth-order valence-electron chi connectivity index (χ4n) is 2.42. The van der Waals surface area contributed by atoms with E-state index >= 15 is 0 Å². The molecule has 0 radical (unpaired) electrons. The number of nitrogens with zero attached hydrogens (tertiary/aromatic N) is 6. The molecule has 0 bridgehead atoms. The smallest absolute Gasteiger partial charge is 0.342 e. The molecule has 1 aliphatic rings. The second-order valence-electron chi connectivity index (χ2n) is 4.73. The van der Waals surface area contributed by atoms with E-state index < -0.39 is 4.92 Å². The molecule has 8 heteroatoms. The Morgan fingerprint density at radius 2 is 1.85 bits per heavy atom. The molecule has 1 aliphatic heterocycles. The highest BCUT2D eigenvalue weighted by molar-refractivity contribution is 5.19.